The number of rotatable bonds is 3. The van der Waals surface area contributed by atoms with Crippen LogP contribution >= 0.6 is 11.6 Å². The molecule has 1 heterocycles. The molecule has 0 saturated carbocycles. The molecule has 0 bridgehead atoms. The molecule has 2 rings (SSSR count). The maximum atomic E-state index is 10.8. The van der Waals surface area contributed by atoms with Crippen LogP contribution in [0.4, 0.5) is 0 Å². The second kappa shape index (κ2) is 4.84. The first-order valence-electron chi connectivity index (χ1n) is 4.59. The third-order valence-corrected chi connectivity index (χ3v) is 2.90. The van der Waals surface area contributed by atoms with E-state index in [2.05, 4.69) is 16.7 Å². The minimum Gasteiger partial charge on any atom is -0.343 e. The molecule has 2 N–H and O–H groups in total. The number of halogens is 1. The maximum Gasteiger partial charge on any atom is 0.294 e. The van der Waals surface area contributed by atoms with E-state index in [0.29, 0.717) is 5.75 Å². The molecule has 18 heavy (non-hydrogen) atoms. The highest BCUT2D eigenvalue weighted by molar-refractivity contribution is 7.85. The predicted octanol–water partition coefficient (Wildman–Crippen LogP) is 0.916. The average Bonchev–Trinajstić information content (AvgIpc) is 2.28. The number of benzene rings is 1. The first-order chi connectivity index (χ1) is 8.45. The van der Waals surface area contributed by atoms with Gasteiger partial charge in [0.15, 0.2) is 10.9 Å². The zero-order valence-corrected chi connectivity index (χ0v) is 10.3. The van der Waals surface area contributed by atoms with Crippen LogP contribution in [0, 0.1) is 6.20 Å². The van der Waals surface area contributed by atoms with Gasteiger partial charge in [-0.3, -0.25) is 4.55 Å². The molecule has 9 heteroatoms. The summed E-state index contributed by atoms with van der Waals surface area (Å²) in [6.07, 6.45) is 3.97. The summed E-state index contributed by atoms with van der Waals surface area (Å²) >= 11 is 5.62. The number of nitrogens with one attached hydrogen (secondary N) is 1. The Morgan fingerprint density at radius 3 is 2.61 bits per heavy atom. The number of hydrogen-bond acceptors (Lipinski definition) is 6. The van der Waals surface area contributed by atoms with Gasteiger partial charge in [0.25, 0.3) is 10.1 Å². The Balaban J connectivity index is 2.10. The number of hydrogen-bond donors (Lipinski definition) is 2. The van der Waals surface area contributed by atoms with Crippen LogP contribution in [0.15, 0.2) is 40.3 Å². The van der Waals surface area contributed by atoms with Gasteiger partial charge in [-0.2, -0.15) is 8.42 Å². The number of hydrazine groups is 1. The van der Waals surface area contributed by atoms with Crippen molar-refractivity contribution in [3.8, 4) is 5.75 Å². The zero-order valence-electron chi connectivity index (χ0n) is 8.74. The minimum absolute atomic E-state index is 0.170. The molecular formula is C9H7ClN3O4S. The predicted molar refractivity (Wildman–Crippen MR) is 63.0 cm³/mol. The highest BCUT2D eigenvalue weighted by Crippen LogP contribution is 2.16. The van der Waals surface area contributed by atoms with Crippen LogP contribution in [0.2, 0.25) is 0 Å². The summed E-state index contributed by atoms with van der Waals surface area (Å²) in [5.41, 5.74) is 2.51. The van der Waals surface area contributed by atoms with E-state index in [0.717, 1.165) is 5.28 Å². The van der Waals surface area contributed by atoms with Crippen LogP contribution in [0.25, 0.3) is 0 Å². The lowest BCUT2D eigenvalue weighted by Crippen LogP contribution is -2.35. The average molecular weight is 289 g/mol. The lowest BCUT2D eigenvalue weighted by atomic mass is 10.3. The molecule has 1 aromatic rings. The Morgan fingerprint density at radius 2 is 2.06 bits per heavy atom. The van der Waals surface area contributed by atoms with Crippen LogP contribution < -0.4 is 10.3 Å². The molecule has 0 amide bonds. The van der Waals surface area contributed by atoms with Crippen molar-refractivity contribution < 1.29 is 17.8 Å². The van der Waals surface area contributed by atoms with Crippen molar-refractivity contribution in [3.05, 3.63) is 36.5 Å². The minimum atomic E-state index is -4.21. The lowest BCUT2D eigenvalue weighted by molar-refractivity contribution is -0.0946. The monoisotopic (exact) mass is 288 g/mol. The van der Waals surface area contributed by atoms with E-state index in [4.69, 9.17) is 21.0 Å². The third kappa shape index (κ3) is 3.13. The van der Waals surface area contributed by atoms with Gasteiger partial charge in [-0.25, -0.2) is 5.43 Å². The Kier molecular flexibility index (Phi) is 3.41. The number of allylic oxidation sites excluding steroid dienone is 1. The zero-order chi connectivity index (χ0) is 13.2. The van der Waals surface area contributed by atoms with Gasteiger partial charge in [-0.1, -0.05) is 11.6 Å². The molecule has 1 aromatic carbocycles. The molecule has 0 aromatic heterocycles. The van der Waals surface area contributed by atoms with E-state index in [1.165, 1.54) is 30.3 Å². The normalized spacial score (nSPS) is 15.0. The highest BCUT2D eigenvalue weighted by Gasteiger charge is 2.11. The van der Waals surface area contributed by atoms with Crippen molar-refractivity contribution in [2.45, 2.75) is 4.90 Å². The first-order valence-corrected chi connectivity index (χ1v) is 6.41. The van der Waals surface area contributed by atoms with Crippen molar-refractivity contribution in [2.75, 3.05) is 0 Å². The van der Waals surface area contributed by atoms with Crippen molar-refractivity contribution in [1.82, 2.24) is 10.7 Å². The van der Waals surface area contributed by atoms with E-state index >= 15 is 0 Å². The summed E-state index contributed by atoms with van der Waals surface area (Å²) in [6, 6.07) is 5.10. The van der Waals surface area contributed by atoms with Crippen LogP contribution in [0.3, 0.4) is 0 Å². The molecule has 1 aliphatic rings. The maximum absolute atomic E-state index is 10.8. The second-order valence-corrected chi connectivity index (χ2v) is 4.94. The molecule has 95 valence electrons. The number of nitrogens with zero attached hydrogens (tertiary/aromatic N) is 2. The van der Waals surface area contributed by atoms with Gasteiger partial charge in [0.05, 0.1) is 11.1 Å². The fraction of sp³-hybridized carbons (Fsp3) is 0. The van der Waals surface area contributed by atoms with E-state index in [-0.39, 0.29) is 10.1 Å². The molecule has 1 aliphatic heterocycles. The Bertz CT molecular complexity index is 597. The molecule has 0 fully saturated rings. The standard InChI is InChI=1S/C9H7ClN3O4S/c10-9-5-6-11-13(12-9)17-7-1-3-8(4-2-7)18(14,15)16/h1-5,11H,(H,14,15,16). The van der Waals surface area contributed by atoms with Crippen molar-refractivity contribution in [2.24, 2.45) is 5.10 Å². The Hall–Kier alpha value is -1.77. The van der Waals surface area contributed by atoms with Gasteiger partial charge in [-0.15, -0.1) is 5.10 Å². The van der Waals surface area contributed by atoms with Crippen molar-refractivity contribution in [3.63, 3.8) is 0 Å². The van der Waals surface area contributed by atoms with Gasteiger partial charge in [0.2, 0.25) is 0 Å². The summed E-state index contributed by atoms with van der Waals surface area (Å²) in [5.74, 6) is 0.298. The summed E-state index contributed by atoms with van der Waals surface area (Å²) in [7, 11) is -4.21. The molecule has 0 saturated heterocycles. The molecule has 7 nitrogen and oxygen atoms in total. The highest BCUT2D eigenvalue weighted by atomic mass is 35.5. The van der Waals surface area contributed by atoms with Crippen molar-refractivity contribution >= 4 is 26.9 Å². The largest absolute Gasteiger partial charge is 0.343 e. The summed E-state index contributed by atoms with van der Waals surface area (Å²) in [5, 5.41) is 4.86. The molecule has 0 spiro atoms. The topological polar surface area (TPSA) is 91.2 Å². The molecule has 1 radical (unpaired) electrons. The summed E-state index contributed by atoms with van der Waals surface area (Å²) in [6.45, 7) is 0. The van der Waals surface area contributed by atoms with Crippen molar-refractivity contribution in [1.29, 1.82) is 0 Å². The second-order valence-electron chi connectivity index (χ2n) is 3.13. The third-order valence-electron chi connectivity index (χ3n) is 1.85. The smallest absolute Gasteiger partial charge is 0.294 e. The molecule has 0 unspecified atom stereocenters. The summed E-state index contributed by atoms with van der Waals surface area (Å²) in [4.78, 5) is 4.96. The molecule has 0 aliphatic carbocycles. The molecular weight excluding hydrogens is 282 g/mol. The fourth-order valence-electron chi connectivity index (χ4n) is 1.10. The van der Waals surface area contributed by atoms with Crippen LogP contribution in [-0.4, -0.2) is 23.4 Å². The Morgan fingerprint density at radius 1 is 1.39 bits per heavy atom. The SMILES string of the molecule is O=S(=O)(O)c1ccc(ON2N=C(Cl)C=[C]N2)cc1. The van der Waals surface area contributed by atoms with Gasteiger partial charge >= 0.3 is 0 Å². The van der Waals surface area contributed by atoms with E-state index in [1.54, 1.807) is 0 Å². The van der Waals surface area contributed by atoms with Gasteiger partial charge < -0.3 is 4.84 Å². The van der Waals surface area contributed by atoms with Gasteiger partial charge in [-0.05, 0) is 29.5 Å². The van der Waals surface area contributed by atoms with Crippen LogP contribution in [-0.2, 0) is 10.1 Å². The lowest BCUT2D eigenvalue weighted by Gasteiger charge is -2.19. The van der Waals surface area contributed by atoms with E-state index in [1.807, 2.05) is 0 Å². The number of hydrazone groups is 1. The van der Waals surface area contributed by atoms with Crippen LogP contribution in [0.5, 0.6) is 5.75 Å². The van der Waals surface area contributed by atoms with E-state index < -0.39 is 10.1 Å². The fourth-order valence-corrected chi connectivity index (χ4v) is 1.71. The Labute approximate surface area is 108 Å². The molecule has 0 atom stereocenters. The summed E-state index contributed by atoms with van der Waals surface area (Å²) < 4.78 is 30.4. The van der Waals surface area contributed by atoms with E-state index in [9.17, 15) is 8.42 Å². The quantitative estimate of drug-likeness (QED) is 0.804. The van der Waals surface area contributed by atoms with Gasteiger partial charge in [0, 0.05) is 6.08 Å². The van der Waals surface area contributed by atoms with Gasteiger partial charge in [0.1, 0.15) is 0 Å². The first kappa shape index (κ1) is 12.7. The van der Waals surface area contributed by atoms with Crippen LogP contribution in [0.1, 0.15) is 0 Å².